The second-order valence-corrected chi connectivity index (χ2v) is 6.19. The van der Waals surface area contributed by atoms with E-state index >= 15 is 0 Å². The molecule has 0 spiro atoms. The quantitative estimate of drug-likeness (QED) is 0.883. The third kappa shape index (κ3) is 3.20. The predicted octanol–water partition coefficient (Wildman–Crippen LogP) is 1.46. The highest BCUT2D eigenvalue weighted by molar-refractivity contribution is 5.27. The SMILES string of the molecule is Cc1ccc(O)c(CN2CCOC[C@@H]2[C@H]2CCC[C@@H]2O)n1. The molecule has 1 aromatic rings. The number of aryl methyl sites for hydroxylation is 1. The van der Waals surface area contributed by atoms with E-state index in [1.165, 1.54) is 0 Å². The van der Waals surface area contributed by atoms with Crippen molar-refractivity contribution in [3.05, 3.63) is 23.5 Å². The van der Waals surface area contributed by atoms with Crippen molar-refractivity contribution in [1.29, 1.82) is 0 Å². The van der Waals surface area contributed by atoms with Gasteiger partial charge in [-0.3, -0.25) is 9.88 Å². The van der Waals surface area contributed by atoms with Gasteiger partial charge in [0.25, 0.3) is 0 Å². The minimum absolute atomic E-state index is 0.220. The highest BCUT2D eigenvalue weighted by Gasteiger charge is 2.37. The number of ether oxygens (including phenoxy) is 1. The molecule has 116 valence electrons. The molecule has 2 fully saturated rings. The monoisotopic (exact) mass is 292 g/mol. The number of morpholine rings is 1. The van der Waals surface area contributed by atoms with Crippen LogP contribution in [0.3, 0.4) is 0 Å². The zero-order chi connectivity index (χ0) is 14.8. The molecule has 1 aromatic heterocycles. The number of pyridine rings is 1. The number of hydrogen-bond donors (Lipinski definition) is 2. The zero-order valence-corrected chi connectivity index (χ0v) is 12.5. The first-order chi connectivity index (χ1) is 10.1. The summed E-state index contributed by atoms with van der Waals surface area (Å²) in [4.78, 5) is 6.76. The van der Waals surface area contributed by atoms with Gasteiger partial charge in [-0.25, -0.2) is 0 Å². The number of aromatic nitrogens is 1. The maximum absolute atomic E-state index is 10.2. The Morgan fingerprint density at radius 1 is 1.38 bits per heavy atom. The molecule has 0 amide bonds. The topological polar surface area (TPSA) is 65.8 Å². The fourth-order valence-corrected chi connectivity index (χ4v) is 3.58. The molecule has 1 aliphatic carbocycles. The van der Waals surface area contributed by atoms with Crippen molar-refractivity contribution in [2.45, 2.75) is 44.9 Å². The molecule has 1 saturated carbocycles. The van der Waals surface area contributed by atoms with Crippen LogP contribution in [0, 0.1) is 12.8 Å². The largest absolute Gasteiger partial charge is 0.506 e. The Balaban J connectivity index is 1.76. The standard InChI is InChI=1S/C16H24N2O3/c1-11-5-6-16(20)13(17-11)9-18-7-8-21-10-14(18)12-3-2-4-15(12)19/h5-6,12,14-15,19-20H,2-4,7-10H2,1H3/t12-,14-,15+/m1/s1. The van der Waals surface area contributed by atoms with Crippen molar-refractivity contribution < 1.29 is 14.9 Å². The van der Waals surface area contributed by atoms with E-state index in [9.17, 15) is 10.2 Å². The van der Waals surface area contributed by atoms with Crippen LogP contribution < -0.4 is 0 Å². The molecule has 2 aliphatic rings. The lowest BCUT2D eigenvalue weighted by molar-refractivity contribution is -0.0542. The summed E-state index contributed by atoms with van der Waals surface area (Å²) in [5.74, 6) is 0.523. The lowest BCUT2D eigenvalue weighted by atomic mass is 9.94. The second-order valence-electron chi connectivity index (χ2n) is 6.19. The lowest BCUT2D eigenvalue weighted by Crippen LogP contribution is -2.50. The van der Waals surface area contributed by atoms with Crippen molar-refractivity contribution >= 4 is 0 Å². The van der Waals surface area contributed by atoms with Crippen LogP contribution in [0.2, 0.25) is 0 Å². The Labute approximate surface area is 125 Å². The van der Waals surface area contributed by atoms with Crippen LogP contribution in [0.1, 0.15) is 30.7 Å². The van der Waals surface area contributed by atoms with Gasteiger partial charge in [0.05, 0.1) is 25.0 Å². The van der Waals surface area contributed by atoms with Crippen molar-refractivity contribution in [1.82, 2.24) is 9.88 Å². The van der Waals surface area contributed by atoms with Crippen LogP contribution in [-0.4, -0.2) is 52.0 Å². The maximum atomic E-state index is 10.2. The molecule has 1 aliphatic heterocycles. The minimum Gasteiger partial charge on any atom is -0.506 e. The van der Waals surface area contributed by atoms with Gasteiger partial charge in [0.1, 0.15) is 5.75 Å². The minimum atomic E-state index is -0.224. The van der Waals surface area contributed by atoms with E-state index in [1.807, 2.05) is 13.0 Å². The van der Waals surface area contributed by atoms with Crippen molar-refractivity contribution in [2.75, 3.05) is 19.8 Å². The summed E-state index contributed by atoms with van der Waals surface area (Å²) in [6.07, 6.45) is 2.81. The summed E-state index contributed by atoms with van der Waals surface area (Å²) in [7, 11) is 0. The molecule has 3 rings (SSSR count). The summed E-state index contributed by atoms with van der Waals surface area (Å²) in [6.45, 7) is 4.73. The molecule has 2 heterocycles. The number of aliphatic hydroxyl groups excluding tert-OH is 1. The van der Waals surface area contributed by atoms with Gasteiger partial charge in [-0.1, -0.05) is 6.42 Å². The fourth-order valence-electron chi connectivity index (χ4n) is 3.58. The summed E-state index contributed by atoms with van der Waals surface area (Å²) < 4.78 is 5.63. The molecule has 0 radical (unpaired) electrons. The Morgan fingerprint density at radius 3 is 3.00 bits per heavy atom. The van der Waals surface area contributed by atoms with Crippen molar-refractivity contribution in [3.8, 4) is 5.75 Å². The number of aromatic hydroxyl groups is 1. The first kappa shape index (κ1) is 14.8. The van der Waals surface area contributed by atoms with E-state index in [1.54, 1.807) is 6.07 Å². The van der Waals surface area contributed by atoms with Gasteiger partial charge in [0.15, 0.2) is 0 Å². The van der Waals surface area contributed by atoms with Gasteiger partial charge in [-0.15, -0.1) is 0 Å². The summed E-state index contributed by atoms with van der Waals surface area (Å²) in [5, 5.41) is 20.2. The molecule has 3 atom stereocenters. The van der Waals surface area contributed by atoms with E-state index in [0.717, 1.165) is 37.2 Å². The van der Waals surface area contributed by atoms with E-state index in [0.29, 0.717) is 19.8 Å². The predicted molar refractivity (Wildman–Crippen MR) is 79.0 cm³/mol. The molecular weight excluding hydrogens is 268 g/mol. The molecule has 1 saturated heterocycles. The van der Waals surface area contributed by atoms with Gasteiger partial charge in [0.2, 0.25) is 0 Å². The number of rotatable bonds is 3. The van der Waals surface area contributed by atoms with Crippen molar-refractivity contribution in [2.24, 2.45) is 5.92 Å². The van der Waals surface area contributed by atoms with Crippen LogP contribution in [0.15, 0.2) is 12.1 Å². The van der Waals surface area contributed by atoms with E-state index in [4.69, 9.17) is 4.74 Å². The Bertz CT molecular complexity index is 494. The van der Waals surface area contributed by atoms with Crippen LogP contribution in [0.4, 0.5) is 0 Å². The fraction of sp³-hybridized carbons (Fsp3) is 0.688. The summed E-state index contributed by atoms with van der Waals surface area (Å²) in [6, 6.07) is 3.74. The number of hydrogen-bond acceptors (Lipinski definition) is 5. The highest BCUT2D eigenvalue weighted by atomic mass is 16.5. The molecular formula is C16H24N2O3. The zero-order valence-electron chi connectivity index (χ0n) is 12.5. The second kappa shape index (κ2) is 6.30. The van der Waals surface area contributed by atoms with Gasteiger partial charge < -0.3 is 14.9 Å². The Hall–Kier alpha value is -1.17. The van der Waals surface area contributed by atoms with E-state index < -0.39 is 0 Å². The Morgan fingerprint density at radius 2 is 2.24 bits per heavy atom. The van der Waals surface area contributed by atoms with E-state index in [2.05, 4.69) is 9.88 Å². The average molecular weight is 292 g/mol. The normalized spacial score (nSPS) is 30.7. The summed E-state index contributed by atoms with van der Waals surface area (Å²) >= 11 is 0. The molecule has 5 heteroatoms. The third-order valence-corrected chi connectivity index (χ3v) is 4.75. The molecule has 0 bridgehead atoms. The first-order valence-electron chi connectivity index (χ1n) is 7.80. The first-order valence-corrected chi connectivity index (χ1v) is 7.80. The van der Waals surface area contributed by atoms with Gasteiger partial charge in [-0.05, 0) is 31.9 Å². The van der Waals surface area contributed by atoms with Crippen molar-refractivity contribution in [3.63, 3.8) is 0 Å². The molecule has 2 N–H and O–H groups in total. The smallest absolute Gasteiger partial charge is 0.138 e. The molecule has 0 aromatic carbocycles. The van der Waals surface area contributed by atoms with Crippen LogP contribution >= 0.6 is 0 Å². The number of nitrogens with zero attached hydrogens (tertiary/aromatic N) is 2. The Kier molecular flexibility index (Phi) is 4.42. The third-order valence-electron chi connectivity index (χ3n) is 4.75. The van der Waals surface area contributed by atoms with Gasteiger partial charge >= 0.3 is 0 Å². The lowest BCUT2D eigenvalue weighted by Gasteiger charge is -2.40. The van der Waals surface area contributed by atoms with Gasteiger partial charge in [-0.2, -0.15) is 0 Å². The van der Waals surface area contributed by atoms with Gasteiger partial charge in [0, 0.05) is 30.7 Å². The molecule has 0 unspecified atom stereocenters. The average Bonchev–Trinajstić information content (AvgIpc) is 2.90. The van der Waals surface area contributed by atoms with Crippen LogP contribution in [0.5, 0.6) is 5.75 Å². The van der Waals surface area contributed by atoms with Crippen LogP contribution in [0.25, 0.3) is 0 Å². The maximum Gasteiger partial charge on any atom is 0.138 e. The molecule has 5 nitrogen and oxygen atoms in total. The number of aliphatic hydroxyl groups is 1. The van der Waals surface area contributed by atoms with E-state index in [-0.39, 0.29) is 23.8 Å². The van der Waals surface area contributed by atoms with Crippen LogP contribution in [-0.2, 0) is 11.3 Å². The highest BCUT2D eigenvalue weighted by Crippen LogP contribution is 2.33. The molecule has 21 heavy (non-hydrogen) atoms. The summed E-state index contributed by atoms with van der Waals surface area (Å²) in [5.41, 5.74) is 1.63.